The Hall–Kier alpha value is -1.00. The van der Waals surface area contributed by atoms with Crippen LogP contribution in [0, 0.1) is 24.5 Å². The largest absolute Gasteiger partial charge is 0.395 e. The first-order chi connectivity index (χ1) is 8.36. The Balaban J connectivity index is 2.90. The molecule has 2 unspecified atom stereocenters. The number of aliphatic hydroxyl groups excluding tert-OH is 1. The van der Waals surface area contributed by atoms with Crippen LogP contribution < -0.4 is 5.32 Å². The molecular weight excluding hydrogens is 236 g/mol. The first-order valence-electron chi connectivity index (χ1n) is 6.19. The topological polar surface area (TPSA) is 32.3 Å². The van der Waals surface area contributed by atoms with Gasteiger partial charge in [0.05, 0.1) is 6.61 Å². The predicted molar refractivity (Wildman–Crippen MR) is 68.4 cm³/mol. The van der Waals surface area contributed by atoms with Crippen molar-refractivity contribution < 1.29 is 13.9 Å². The number of halogens is 2. The third kappa shape index (κ3) is 3.50. The van der Waals surface area contributed by atoms with Gasteiger partial charge in [-0.2, -0.15) is 0 Å². The lowest BCUT2D eigenvalue weighted by Gasteiger charge is -2.25. The normalized spacial score (nSPS) is 14.9. The monoisotopic (exact) mass is 257 g/mol. The van der Waals surface area contributed by atoms with Crippen molar-refractivity contribution in [1.82, 2.24) is 5.32 Å². The first kappa shape index (κ1) is 15.1. The van der Waals surface area contributed by atoms with Gasteiger partial charge in [0.15, 0.2) is 0 Å². The van der Waals surface area contributed by atoms with Crippen LogP contribution in [-0.2, 0) is 0 Å². The molecule has 1 aromatic carbocycles. The summed E-state index contributed by atoms with van der Waals surface area (Å²) in [6, 6.07) is 1.94. The molecule has 2 N–H and O–H groups in total. The molecule has 102 valence electrons. The molecule has 0 amide bonds. The molecule has 0 bridgehead atoms. The van der Waals surface area contributed by atoms with Crippen molar-refractivity contribution in [3.05, 3.63) is 34.9 Å². The second-order valence-electron chi connectivity index (χ2n) is 5.04. The maximum Gasteiger partial charge on any atom is 0.128 e. The minimum atomic E-state index is -0.422. The summed E-state index contributed by atoms with van der Waals surface area (Å²) >= 11 is 0. The highest BCUT2D eigenvalue weighted by molar-refractivity contribution is 5.27. The van der Waals surface area contributed by atoms with Crippen molar-refractivity contribution in [1.29, 1.82) is 0 Å². The average molecular weight is 257 g/mol. The van der Waals surface area contributed by atoms with Gasteiger partial charge in [0.1, 0.15) is 11.6 Å². The molecule has 18 heavy (non-hydrogen) atoms. The number of benzene rings is 1. The molecule has 0 saturated heterocycles. The number of hydrogen-bond donors (Lipinski definition) is 2. The summed E-state index contributed by atoms with van der Waals surface area (Å²) in [5.74, 6) is -0.615. The maximum atomic E-state index is 13.8. The summed E-state index contributed by atoms with van der Waals surface area (Å²) in [4.78, 5) is 0. The predicted octanol–water partition coefficient (Wildman–Crippen LogP) is 2.94. The number of aryl methyl sites for hydroxylation is 1. The van der Waals surface area contributed by atoms with Crippen LogP contribution in [0.15, 0.2) is 12.1 Å². The average Bonchev–Trinajstić information content (AvgIpc) is 2.29. The smallest absolute Gasteiger partial charge is 0.128 e. The Kier molecular flexibility index (Phi) is 5.23. The highest BCUT2D eigenvalue weighted by Crippen LogP contribution is 2.21. The zero-order chi connectivity index (χ0) is 13.9. The minimum Gasteiger partial charge on any atom is -0.395 e. The van der Waals surface area contributed by atoms with E-state index in [4.69, 9.17) is 0 Å². The van der Waals surface area contributed by atoms with Crippen LogP contribution in [0.1, 0.15) is 37.9 Å². The van der Waals surface area contributed by atoms with Crippen molar-refractivity contribution in [3.63, 3.8) is 0 Å². The molecule has 0 aliphatic rings. The Bertz CT molecular complexity index is 407. The number of aliphatic hydroxyl groups is 1. The van der Waals surface area contributed by atoms with Crippen molar-refractivity contribution in [2.45, 2.75) is 39.8 Å². The molecule has 0 radical (unpaired) electrons. The number of rotatable bonds is 5. The van der Waals surface area contributed by atoms with Crippen molar-refractivity contribution in [2.75, 3.05) is 6.61 Å². The van der Waals surface area contributed by atoms with Gasteiger partial charge in [-0.15, -0.1) is 0 Å². The molecule has 2 nitrogen and oxygen atoms in total. The van der Waals surface area contributed by atoms with Gasteiger partial charge in [-0.05, 0) is 37.5 Å². The lowest BCUT2D eigenvalue weighted by atomic mass is 10.0. The van der Waals surface area contributed by atoms with E-state index in [2.05, 4.69) is 5.32 Å². The molecule has 0 saturated carbocycles. The van der Waals surface area contributed by atoms with Gasteiger partial charge in [-0.25, -0.2) is 8.78 Å². The summed E-state index contributed by atoms with van der Waals surface area (Å²) in [5.41, 5.74) is 0.586. The summed E-state index contributed by atoms with van der Waals surface area (Å²) in [6.07, 6.45) is 0. The van der Waals surface area contributed by atoms with Gasteiger partial charge in [-0.1, -0.05) is 13.8 Å². The Labute approximate surface area is 107 Å². The molecule has 4 heteroatoms. The summed E-state index contributed by atoms with van der Waals surface area (Å²) < 4.78 is 27.2. The van der Waals surface area contributed by atoms with Gasteiger partial charge in [0, 0.05) is 17.6 Å². The molecule has 0 fully saturated rings. The van der Waals surface area contributed by atoms with E-state index in [1.807, 2.05) is 13.8 Å². The summed E-state index contributed by atoms with van der Waals surface area (Å²) in [6.45, 7) is 7.19. The second-order valence-corrected chi connectivity index (χ2v) is 5.04. The van der Waals surface area contributed by atoms with Gasteiger partial charge < -0.3 is 10.4 Å². The second kappa shape index (κ2) is 6.25. The van der Waals surface area contributed by atoms with Gasteiger partial charge in [-0.3, -0.25) is 0 Å². The highest BCUT2D eigenvalue weighted by atomic mass is 19.1. The molecule has 2 atom stereocenters. The van der Waals surface area contributed by atoms with E-state index < -0.39 is 11.6 Å². The zero-order valence-corrected chi connectivity index (χ0v) is 11.3. The summed E-state index contributed by atoms with van der Waals surface area (Å²) in [5, 5.41) is 12.3. The Morgan fingerprint density at radius 2 is 1.78 bits per heavy atom. The number of hydrogen-bond acceptors (Lipinski definition) is 2. The van der Waals surface area contributed by atoms with Crippen LogP contribution in [0.3, 0.4) is 0 Å². The van der Waals surface area contributed by atoms with Crippen LogP contribution >= 0.6 is 0 Å². The number of nitrogens with one attached hydrogen (secondary N) is 1. The van der Waals surface area contributed by atoms with Crippen LogP contribution in [0.4, 0.5) is 8.78 Å². The van der Waals surface area contributed by atoms with E-state index in [1.54, 1.807) is 6.92 Å². The van der Waals surface area contributed by atoms with Crippen molar-refractivity contribution in [3.8, 4) is 0 Å². The van der Waals surface area contributed by atoms with Gasteiger partial charge in [0.2, 0.25) is 0 Å². The molecule has 0 spiro atoms. The third-order valence-electron chi connectivity index (χ3n) is 3.21. The fourth-order valence-electron chi connectivity index (χ4n) is 1.86. The molecule has 0 aliphatic heterocycles. The molecule has 1 aromatic rings. The molecular formula is C14H21F2NO. The van der Waals surface area contributed by atoms with E-state index in [-0.39, 0.29) is 30.2 Å². The highest BCUT2D eigenvalue weighted by Gasteiger charge is 2.19. The Morgan fingerprint density at radius 1 is 1.17 bits per heavy atom. The van der Waals surface area contributed by atoms with Crippen molar-refractivity contribution >= 4 is 0 Å². The molecule has 0 aliphatic carbocycles. The molecule has 0 heterocycles. The van der Waals surface area contributed by atoms with E-state index in [0.717, 1.165) is 0 Å². The van der Waals surface area contributed by atoms with Crippen LogP contribution in [0.5, 0.6) is 0 Å². The van der Waals surface area contributed by atoms with Crippen LogP contribution in [-0.4, -0.2) is 17.8 Å². The SMILES string of the molecule is Cc1cc(F)c(C(C)NC(CO)C(C)C)cc1F. The maximum absolute atomic E-state index is 13.8. The van der Waals surface area contributed by atoms with Gasteiger partial charge in [0.25, 0.3) is 0 Å². The van der Waals surface area contributed by atoms with Crippen LogP contribution in [0.2, 0.25) is 0 Å². The zero-order valence-electron chi connectivity index (χ0n) is 11.3. The lowest BCUT2D eigenvalue weighted by Crippen LogP contribution is -2.38. The Morgan fingerprint density at radius 3 is 2.28 bits per heavy atom. The van der Waals surface area contributed by atoms with Gasteiger partial charge >= 0.3 is 0 Å². The minimum absolute atomic E-state index is 0.0298. The van der Waals surface area contributed by atoms with E-state index >= 15 is 0 Å². The summed E-state index contributed by atoms with van der Waals surface area (Å²) in [7, 11) is 0. The molecule has 1 rings (SSSR count). The van der Waals surface area contributed by atoms with E-state index in [1.165, 1.54) is 19.1 Å². The third-order valence-corrected chi connectivity index (χ3v) is 3.21. The lowest BCUT2D eigenvalue weighted by molar-refractivity contribution is 0.200. The molecule has 0 aromatic heterocycles. The quantitative estimate of drug-likeness (QED) is 0.850. The van der Waals surface area contributed by atoms with Crippen molar-refractivity contribution in [2.24, 2.45) is 5.92 Å². The first-order valence-corrected chi connectivity index (χ1v) is 6.19. The van der Waals surface area contributed by atoms with E-state index in [9.17, 15) is 13.9 Å². The van der Waals surface area contributed by atoms with E-state index in [0.29, 0.717) is 5.56 Å². The van der Waals surface area contributed by atoms with Crippen LogP contribution in [0.25, 0.3) is 0 Å². The fourth-order valence-corrected chi connectivity index (χ4v) is 1.86. The fraction of sp³-hybridized carbons (Fsp3) is 0.571. The standard InChI is InChI=1S/C14H21F2NO/c1-8(2)14(7-18)17-10(4)11-6-12(15)9(3)5-13(11)16/h5-6,8,10,14,17-18H,7H2,1-4H3.